The lowest BCUT2D eigenvalue weighted by Gasteiger charge is -1.83. The Hall–Kier alpha value is -1.27. The smallest absolute Gasteiger partial charge is 0.384 e. The fraction of sp³-hybridized carbons (Fsp3) is 0.222. The van der Waals surface area contributed by atoms with Gasteiger partial charge in [0.2, 0.25) is 0 Å². The van der Waals surface area contributed by atoms with E-state index in [1.165, 1.54) is 12.0 Å². The lowest BCUT2D eigenvalue weighted by molar-refractivity contribution is -0.133. The third kappa shape index (κ3) is 2.40. The van der Waals surface area contributed by atoms with Crippen molar-refractivity contribution in [3.63, 3.8) is 0 Å². The molecule has 0 fully saturated rings. The van der Waals surface area contributed by atoms with Crippen LogP contribution in [-0.2, 0) is 9.53 Å². The number of hydrogen-bond donors (Lipinski definition) is 0. The molecule has 1 aromatic heterocycles. The fourth-order valence-corrected chi connectivity index (χ4v) is 1.39. The van der Waals surface area contributed by atoms with Crippen molar-refractivity contribution in [2.45, 2.75) is 6.92 Å². The Morgan fingerprint density at radius 2 is 2.33 bits per heavy atom. The first-order chi connectivity index (χ1) is 5.72. The van der Waals surface area contributed by atoms with E-state index in [0.717, 1.165) is 4.88 Å². The van der Waals surface area contributed by atoms with Crippen LogP contribution in [0.1, 0.15) is 9.75 Å². The van der Waals surface area contributed by atoms with E-state index >= 15 is 0 Å². The van der Waals surface area contributed by atoms with Crippen LogP contribution in [0.2, 0.25) is 0 Å². The van der Waals surface area contributed by atoms with Crippen molar-refractivity contribution in [1.82, 2.24) is 0 Å². The Labute approximate surface area is 75.2 Å². The average Bonchev–Trinajstić information content (AvgIpc) is 2.47. The second-order valence-electron chi connectivity index (χ2n) is 2.15. The summed E-state index contributed by atoms with van der Waals surface area (Å²) < 4.78 is 4.37. The van der Waals surface area contributed by atoms with Crippen molar-refractivity contribution in [2.75, 3.05) is 7.11 Å². The average molecular weight is 180 g/mol. The quantitative estimate of drug-likeness (QED) is 0.447. The lowest BCUT2D eigenvalue weighted by Crippen LogP contribution is -1.93. The highest BCUT2D eigenvalue weighted by atomic mass is 32.1. The molecule has 12 heavy (non-hydrogen) atoms. The molecule has 0 saturated heterocycles. The molecule has 0 bridgehead atoms. The Balaban J connectivity index is 2.73. The van der Waals surface area contributed by atoms with Crippen molar-refractivity contribution in [1.29, 1.82) is 0 Å². The number of aryl methyl sites for hydroxylation is 1. The normalized spacial score (nSPS) is 8.50. The fourth-order valence-electron chi connectivity index (χ4n) is 0.665. The molecule has 0 aliphatic heterocycles. The number of rotatable bonds is 0. The minimum absolute atomic E-state index is 0.499. The summed E-state index contributed by atoms with van der Waals surface area (Å²) in [4.78, 5) is 12.7. The minimum atomic E-state index is -0.499. The van der Waals surface area contributed by atoms with Crippen LogP contribution in [0.3, 0.4) is 0 Å². The first-order valence-corrected chi connectivity index (χ1v) is 4.20. The standard InChI is InChI=1S/C9H8O2S/c1-7-3-4-8(12-7)5-6-9(10)11-2/h3-4H,1-2H3. The van der Waals surface area contributed by atoms with E-state index in [1.807, 2.05) is 19.1 Å². The summed E-state index contributed by atoms with van der Waals surface area (Å²) in [6.45, 7) is 1.99. The van der Waals surface area contributed by atoms with Crippen molar-refractivity contribution in [2.24, 2.45) is 0 Å². The molecule has 1 rings (SSSR count). The molecule has 3 heteroatoms. The van der Waals surface area contributed by atoms with Gasteiger partial charge in [-0.1, -0.05) is 0 Å². The first-order valence-electron chi connectivity index (χ1n) is 3.39. The number of thiophene rings is 1. The second kappa shape index (κ2) is 3.93. The highest BCUT2D eigenvalue weighted by molar-refractivity contribution is 7.12. The Bertz CT molecular complexity index is 341. The van der Waals surface area contributed by atoms with Crippen molar-refractivity contribution < 1.29 is 9.53 Å². The van der Waals surface area contributed by atoms with Crippen LogP contribution in [-0.4, -0.2) is 13.1 Å². The molecule has 0 aliphatic rings. The van der Waals surface area contributed by atoms with Crippen molar-refractivity contribution in [3.8, 4) is 11.8 Å². The molecule has 62 valence electrons. The maximum Gasteiger partial charge on any atom is 0.384 e. The van der Waals surface area contributed by atoms with Gasteiger partial charge in [-0.2, -0.15) is 0 Å². The largest absolute Gasteiger partial charge is 0.459 e. The molecule has 0 aliphatic carbocycles. The number of ether oxygens (including phenoxy) is 1. The van der Waals surface area contributed by atoms with E-state index in [0.29, 0.717) is 0 Å². The van der Waals surface area contributed by atoms with Crippen LogP contribution >= 0.6 is 11.3 Å². The number of carbonyl (C=O) groups is 1. The highest BCUT2D eigenvalue weighted by Crippen LogP contribution is 2.12. The predicted molar refractivity (Wildman–Crippen MR) is 48.0 cm³/mol. The third-order valence-electron chi connectivity index (χ3n) is 1.21. The Kier molecular flexibility index (Phi) is 2.89. The molecule has 1 aromatic rings. The first kappa shape index (κ1) is 8.82. The SMILES string of the molecule is COC(=O)C#Cc1ccc(C)s1. The molecule has 0 unspecified atom stereocenters. The summed E-state index contributed by atoms with van der Waals surface area (Å²) in [5.74, 6) is 4.57. The molecule has 0 saturated carbocycles. The van der Waals surface area contributed by atoms with Gasteiger partial charge in [-0.25, -0.2) is 4.79 Å². The Morgan fingerprint density at radius 3 is 2.83 bits per heavy atom. The van der Waals surface area contributed by atoms with Crippen LogP contribution in [0.5, 0.6) is 0 Å². The van der Waals surface area contributed by atoms with Gasteiger partial charge in [-0.3, -0.25) is 0 Å². The van der Waals surface area contributed by atoms with E-state index in [2.05, 4.69) is 16.6 Å². The number of esters is 1. The zero-order valence-corrected chi connectivity index (χ0v) is 7.70. The lowest BCUT2D eigenvalue weighted by atomic mass is 10.4. The molecule has 0 aromatic carbocycles. The van der Waals surface area contributed by atoms with Gasteiger partial charge in [0.05, 0.1) is 12.0 Å². The van der Waals surface area contributed by atoms with Gasteiger partial charge < -0.3 is 4.74 Å². The Morgan fingerprint density at radius 1 is 1.58 bits per heavy atom. The molecule has 0 spiro atoms. The molecular formula is C9H8O2S. The topological polar surface area (TPSA) is 26.3 Å². The van der Waals surface area contributed by atoms with Crippen molar-refractivity contribution >= 4 is 17.3 Å². The van der Waals surface area contributed by atoms with Crippen LogP contribution in [0, 0.1) is 18.8 Å². The van der Waals surface area contributed by atoms with Gasteiger partial charge in [0.1, 0.15) is 0 Å². The molecular weight excluding hydrogens is 172 g/mol. The third-order valence-corrected chi connectivity index (χ3v) is 2.13. The van der Waals surface area contributed by atoms with Gasteiger partial charge in [-0.15, -0.1) is 11.3 Å². The van der Waals surface area contributed by atoms with Crippen molar-refractivity contribution in [3.05, 3.63) is 21.9 Å². The van der Waals surface area contributed by atoms with E-state index in [1.54, 1.807) is 11.3 Å². The predicted octanol–water partition coefficient (Wildman–Crippen LogP) is 1.58. The van der Waals surface area contributed by atoms with E-state index in [4.69, 9.17) is 0 Å². The minimum Gasteiger partial charge on any atom is -0.459 e. The number of carbonyl (C=O) groups excluding carboxylic acids is 1. The highest BCUT2D eigenvalue weighted by Gasteiger charge is 1.92. The van der Waals surface area contributed by atoms with Crippen LogP contribution in [0.25, 0.3) is 0 Å². The molecule has 0 atom stereocenters. The van der Waals surface area contributed by atoms with Gasteiger partial charge in [-0.05, 0) is 25.0 Å². The summed E-state index contributed by atoms with van der Waals surface area (Å²) in [5, 5.41) is 0. The number of hydrogen-bond acceptors (Lipinski definition) is 3. The van der Waals surface area contributed by atoms with E-state index in [9.17, 15) is 4.79 Å². The van der Waals surface area contributed by atoms with Crippen LogP contribution in [0.15, 0.2) is 12.1 Å². The van der Waals surface area contributed by atoms with Gasteiger partial charge >= 0.3 is 5.97 Å². The zero-order valence-electron chi connectivity index (χ0n) is 6.88. The molecule has 0 N–H and O–H groups in total. The van der Waals surface area contributed by atoms with Gasteiger partial charge in [0.15, 0.2) is 0 Å². The zero-order chi connectivity index (χ0) is 8.97. The molecule has 1 heterocycles. The van der Waals surface area contributed by atoms with E-state index < -0.39 is 5.97 Å². The number of methoxy groups -OCH3 is 1. The maximum atomic E-state index is 10.6. The summed E-state index contributed by atoms with van der Waals surface area (Å²) in [6.07, 6.45) is 0. The van der Waals surface area contributed by atoms with E-state index in [-0.39, 0.29) is 0 Å². The van der Waals surface area contributed by atoms with Crippen LogP contribution < -0.4 is 0 Å². The maximum absolute atomic E-state index is 10.6. The second-order valence-corrected chi connectivity index (χ2v) is 3.44. The summed E-state index contributed by atoms with van der Waals surface area (Å²) >= 11 is 1.56. The molecule has 2 nitrogen and oxygen atoms in total. The summed E-state index contributed by atoms with van der Waals surface area (Å²) in [7, 11) is 1.32. The molecule has 0 radical (unpaired) electrons. The van der Waals surface area contributed by atoms with Gasteiger partial charge in [0, 0.05) is 10.8 Å². The summed E-state index contributed by atoms with van der Waals surface area (Å²) in [5.41, 5.74) is 0. The monoisotopic (exact) mass is 180 g/mol. The van der Waals surface area contributed by atoms with Gasteiger partial charge in [0.25, 0.3) is 0 Å². The summed E-state index contributed by atoms with van der Waals surface area (Å²) in [6, 6.07) is 3.85. The van der Waals surface area contributed by atoms with Crippen LogP contribution in [0.4, 0.5) is 0 Å². The molecule has 0 amide bonds.